The van der Waals surface area contributed by atoms with Crippen molar-refractivity contribution in [2.75, 3.05) is 13.2 Å². The van der Waals surface area contributed by atoms with Gasteiger partial charge in [-0.2, -0.15) is 0 Å². The Balaban J connectivity index is 2.39. The molecule has 0 aliphatic rings. The number of ether oxygens (including phenoxy) is 2. The number of nitrogens with one attached hydrogen (secondary N) is 1. The fraction of sp³-hybridized carbons (Fsp3) is 0.500. The van der Waals surface area contributed by atoms with Crippen LogP contribution in [0.5, 0.6) is 0 Å². The van der Waals surface area contributed by atoms with E-state index in [-0.39, 0.29) is 18.8 Å². The van der Waals surface area contributed by atoms with Crippen LogP contribution < -0.4 is 5.32 Å². The van der Waals surface area contributed by atoms with Gasteiger partial charge in [-0.1, -0.05) is 6.07 Å². The van der Waals surface area contributed by atoms with Gasteiger partial charge in [0.25, 0.3) is 0 Å². The van der Waals surface area contributed by atoms with Gasteiger partial charge < -0.3 is 19.4 Å². The van der Waals surface area contributed by atoms with Crippen molar-refractivity contribution >= 4 is 23.0 Å². The molecule has 1 aromatic carbocycles. The SMILES string of the molecule is CCOC(=O)c1cc2c(C)ccc(F)c2n1C(C)CNC(=O)OC(C)(C)C. The highest BCUT2D eigenvalue weighted by Crippen LogP contribution is 2.29. The van der Waals surface area contributed by atoms with Crippen molar-refractivity contribution in [2.45, 2.75) is 53.2 Å². The summed E-state index contributed by atoms with van der Waals surface area (Å²) in [5.74, 6) is -0.966. The molecule has 0 aliphatic carbocycles. The molecule has 1 heterocycles. The van der Waals surface area contributed by atoms with Crippen LogP contribution in [-0.2, 0) is 9.47 Å². The Morgan fingerprint density at radius 1 is 1.30 bits per heavy atom. The van der Waals surface area contributed by atoms with Crippen LogP contribution in [0.15, 0.2) is 18.2 Å². The van der Waals surface area contributed by atoms with Crippen molar-refractivity contribution in [2.24, 2.45) is 0 Å². The molecule has 0 spiro atoms. The zero-order valence-electron chi connectivity index (χ0n) is 16.7. The van der Waals surface area contributed by atoms with Crippen LogP contribution >= 0.6 is 0 Å². The van der Waals surface area contributed by atoms with E-state index in [0.29, 0.717) is 10.9 Å². The lowest BCUT2D eigenvalue weighted by atomic mass is 10.1. The van der Waals surface area contributed by atoms with Crippen LogP contribution in [0.3, 0.4) is 0 Å². The van der Waals surface area contributed by atoms with E-state index in [1.54, 1.807) is 51.3 Å². The summed E-state index contributed by atoms with van der Waals surface area (Å²) in [6.07, 6.45) is -0.569. The monoisotopic (exact) mass is 378 g/mol. The maximum Gasteiger partial charge on any atom is 0.407 e. The molecule has 2 aromatic rings. The van der Waals surface area contributed by atoms with Gasteiger partial charge in [0.2, 0.25) is 0 Å². The maximum atomic E-state index is 14.6. The Morgan fingerprint density at radius 3 is 2.56 bits per heavy atom. The molecule has 6 nitrogen and oxygen atoms in total. The summed E-state index contributed by atoms with van der Waals surface area (Å²) in [5, 5.41) is 3.31. The average molecular weight is 378 g/mol. The summed E-state index contributed by atoms with van der Waals surface area (Å²) >= 11 is 0. The Bertz CT molecular complexity index is 852. The minimum atomic E-state index is -0.618. The van der Waals surface area contributed by atoms with Gasteiger partial charge in [0.1, 0.15) is 17.1 Å². The third-order valence-corrected chi connectivity index (χ3v) is 4.03. The lowest BCUT2D eigenvalue weighted by Gasteiger charge is -2.22. The average Bonchev–Trinajstić information content (AvgIpc) is 2.97. The standard InChI is InChI=1S/C20H27FN2O4/c1-7-26-18(24)16-10-14-12(2)8-9-15(21)17(14)23(16)13(3)11-22-19(25)27-20(4,5)6/h8-10,13H,7,11H2,1-6H3,(H,22,25). The molecule has 1 atom stereocenters. The lowest BCUT2D eigenvalue weighted by molar-refractivity contribution is 0.0512. The van der Waals surface area contributed by atoms with Gasteiger partial charge in [-0.3, -0.25) is 0 Å². The number of carbonyl (C=O) groups excluding carboxylic acids is 2. The van der Waals surface area contributed by atoms with Gasteiger partial charge in [-0.05, 0) is 59.2 Å². The molecule has 0 fully saturated rings. The van der Waals surface area contributed by atoms with Crippen molar-refractivity contribution in [1.82, 2.24) is 9.88 Å². The molecule has 0 aliphatic heterocycles. The number of aromatic nitrogens is 1. The first-order chi connectivity index (χ1) is 12.5. The van der Waals surface area contributed by atoms with Crippen molar-refractivity contribution in [3.63, 3.8) is 0 Å². The molecule has 1 unspecified atom stereocenters. The normalized spacial score (nSPS) is 12.7. The molecule has 7 heteroatoms. The van der Waals surface area contributed by atoms with Crippen molar-refractivity contribution in [3.05, 3.63) is 35.3 Å². The summed E-state index contributed by atoms with van der Waals surface area (Å²) in [7, 11) is 0. The number of alkyl carbamates (subject to hydrolysis) is 1. The number of benzene rings is 1. The summed E-state index contributed by atoms with van der Waals surface area (Å²) in [6.45, 7) is 11.0. The molecule has 1 aromatic heterocycles. The van der Waals surface area contributed by atoms with Gasteiger partial charge in [0, 0.05) is 18.0 Å². The van der Waals surface area contributed by atoms with Crippen LogP contribution in [0.1, 0.15) is 56.7 Å². The Labute approximate surface area is 158 Å². The quantitative estimate of drug-likeness (QED) is 0.785. The predicted octanol–water partition coefficient (Wildman–Crippen LogP) is 4.35. The van der Waals surface area contributed by atoms with Crippen molar-refractivity contribution < 1.29 is 23.5 Å². The number of carbonyl (C=O) groups is 2. The Kier molecular flexibility index (Phi) is 6.13. The van der Waals surface area contributed by atoms with E-state index >= 15 is 0 Å². The number of nitrogens with zero attached hydrogens (tertiary/aromatic N) is 1. The van der Waals surface area contributed by atoms with Crippen LogP contribution in [0.25, 0.3) is 10.9 Å². The van der Waals surface area contributed by atoms with Crippen molar-refractivity contribution in [3.8, 4) is 0 Å². The van der Waals surface area contributed by atoms with Crippen LogP contribution in [0.4, 0.5) is 9.18 Å². The van der Waals surface area contributed by atoms with Gasteiger partial charge >= 0.3 is 12.1 Å². The van der Waals surface area contributed by atoms with E-state index in [1.165, 1.54) is 6.07 Å². The Hall–Kier alpha value is -2.57. The smallest absolute Gasteiger partial charge is 0.407 e. The number of hydrogen-bond acceptors (Lipinski definition) is 4. The molecule has 0 saturated carbocycles. The van der Waals surface area contributed by atoms with Gasteiger partial charge in [0.15, 0.2) is 0 Å². The highest BCUT2D eigenvalue weighted by Gasteiger charge is 2.24. The molecule has 148 valence electrons. The first-order valence-corrected chi connectivity index (χ1v) is 8.99. The molecule has 0 saturated heterocycles. The lowest BCUT2D eigenvalue weighted by Crippen LogP contribution is -2.35. The van der Waals surface area contributed by atoms with Gasteiger partial charge in [0.05, 0.1) is 12.1 Å². The largest absolute Gasteiger partial charge is 0.461 e. The number of hydrogen-bond donors (Lipinski definition) is 1. The Morgan fingerprint density at radius 2 is 1.96 bits per heavy atom. The number of fused-ring (bicyclic) bond motifs is 1. The second-order valence-corrected chi connectivity index (χ2v) is 7.48. The highest BCUT2D eigenvalue weighted by atomic mass is 19.1. The third-order valence-electron chi connectivity index (χ3n) is 4.03. The van der Waals surface area contributed by atoms with Gasteiger partial charge in [-0.15, -0.1) is 0 Å². The number of amides is 1. The van der Waals surface area contributed by atoms with Gasteiger partial charge in [-0.25, -0.2) is 14.0 Å². The minimum Gasteiger partial charge on any atom is -0.461 e. The molecule has 27 heavy (non-hydrogen) atoms. The second-order valence-electron chi connectivity index (χ2n) is 7.48. The van der Waals surface area contributed by atoms with Crippen LogP contribution in [-0.4, -0.2) is 35.4 Å². The van der Waals surface area contributed by atoms with E-state index in [4.69, 9.17) is 9.47 Å². The zero-order valence-corrected chi connectivity index (χ0v) is 16.7. The highest BCUT2D eigenvalue weighted by molar-refractivity contribution is 5.97. The number of esters is 1. The van der Waals surface area contributed by atoms with E-state index < -0.39 is 29.5 Å². The molecule has 1 N–H and O–H groups in total. The fourth-order valence-corrected chi connectivity index (χ4v) is 2.89. The topological polar surface area (TPSA) is 69.6 Å². The second kappa shape index (κ2) is 7.98. The number of halogens is 1. The van der Waals surface area contributed by atoms with Crippen LogP contribution in [0.2, 0.25) is 0 Å². The molecule has 1 amide bonds. The number of rotatable bonds is 5. The fourth-order valence-electron chi connectivity index (χ4n) is 2.89. The molecular weight excluding hydrogens is 351 g/mol. The number of aryl methyl sites for hydroxylation is 1. The van der Waals surface area contributed by atoms with E-state index in [2.05, 4.69) is 5.32 Å². The van der Waals surface area contributed by atoms with Crippen LogP contribution in [0, 0.1) is 12.7 Å². The molecular formula is C20H27FN2O4. The first-order valence-electron chi connectivity index (χ1n) is 8.99. The zero-order chi connectivity index (χ0) is 20.4. The van der Waals surface area contributed by atoms with E-state index in [0.717, 1.165) is 5.56 Å². The molecule has 0 radical (unpaired) electrons. The summed E-state index contributed by atoms with van der Waals surface area (Å²) in [4.78, 5) is 24.3. The summed E-state index contributed by atoms with van der Waals surface area (Å²) < 4.78 is 26.5. The van der Waals surface area contributed by atoms with E-state index in [9.17, 15) is 14.0 Å². The maximum absolute atomic E-state index is 14.6. The first kappa shape index (κ1) is 20.7. The summed E-state index contributed by atoms with van der Waals surface area (Å²) in [5.41, 5.74) is 0.797. The van der Waals surface area contributed by atoms with Crippen molar-refractivity contribution in [1.29, 1.82) is 0 Å². The molecule has 2 rings (SSSR count). The van der Waals surface area contributed by atoms with E-state index in [1.807, 2.05) is 6.92 Å². The third kappa shape index (κ3) is 4.78. The predicted molar refractivity (Wildman–Crippen MR) is 102 cm³/mol. The molecule has 0 bridgehead atoms. The minimum absolute atomic E-state index is 0.165. The summed E-state index contributed by atoms with van der Waals surface area (Å²) in [6, 6.07) is 4.28.